The van der Waals surface area contributed by atoms with Gasteiger partial charge in [0.05, 0.1) is 6.20 Å². The Morgan fingerprint density at radius 3 is 2.90 bits per heavy atom. The predicted molar refractivity (Wildman–Crippen MR) is 39.2 cm³/mol. The normalized spacial score (nSPS) is 10.6. The van der Waals surface area contributed by atoms with E-state index in [1.165, 1.54) is 0 Å². The third-order valence-electron chi connectivity index (χ3n) is 0.995. The van der Waals surface area contributed by atoms with Gasteiger partial charge in [-0.05, 0) is 6.08 Å². The van der Waals surface area contributed by atoms with Gasteiger partial charge in [-0.2, -0.15) is 0 Å². The lowest BCUT2D eigenvalue weighted by Gasteiger charge is -2.00. The summed E-state index contributed by atoms with van der Waals surface area (Å²) in [5, 5.41) is 3.56. The monoisotopic (exact) mass is 138 g/mol. The van der Waals surface area contributed by atoms with Crippen molar-refractivity contribution >= 4 is 6.08 Å². The van der Waals surface area contributed by atoms with Gasteiger partial charge in [-0.25, -0.2) is 0 Å². The van der Waals surface area contributed by atoms with Gasteiger partial charge in [0, 0.05) is 26.4 Å². The van der Waals surface area contributed by atoms with Crippen LogP contribution in [0.3, 0.4) is 0 Å². The number of aromatic nitrogens is 1. The Morgan fingerprint density at radius 2 is 2.40 bits per heavy atom. The third-order valence-corrected chi connectivity index (χ3v) is 0.995. The summed E-state index contributed by atoms with van der Waals surface area (Å²) >= 11 is 0. The zero-order valence-electron chi connectivity index (χ0n) is 6.11. The van der Waals surface area contributed by atoms with Gasteiger partial charge in [-0.1, -0.05) is 5.16 Å². The molecule has 1 aromatic heterocycles. The van der Waals surface area contributed by atoms with Gasteiger partial charge in [-0.15, -0.1) is 0 Å². The van der Waals surface area contributed by atoms with Gasteiger partial charge < -0.3 is 9.42 Å². The lowest BCUT2D eigenvalue weighted by Crippen LogP contribution is -1.99. The van der Waals surface area contributed by atoms with Crippen molar-refractivity contribution in [1.82, 2.24) is 10.1 Å². The summed E-state index contributed by atoms with van der Waals surface area (Å²) in [7, 11) is 3.90. The molecule has 0 atom stereocenters. The summed E-state index contributed by atoms with van der Waals surface area (Å²) in [5.41, 5.74) is 0. The Labute approximate surface area is 59.9 Å². The molecule has 0 bridgehead atoms. The van der Waals surface area contributed by atoms with Crippen molar-refractivity contribution < 1.29 is 4.52 Å². The summed E-state index contributed by atoms with van der Waals surface area (Å²) < 4.78 is 4.82. The maximum absolute atomic E-state index is 4.82. The standard InChI is InChI=1S/C7H10N2O/c1-9(2)6-4-7-3-5-8-10-7/h3-6H,1-2H3/b6-4+. The van der Waals surface area contributed by atoms with E-state index in [4.69, 9.17) is 4.52 Å². The lowest BCUT2D eigenvalue weighted by atomic mass is 10.4. The summed E-state index contributed by atoms with van der Waals surface area (Å²) in [6.07, 6.45) is 5.38. The molecule has 0 saturated heterocycles. The van der Waals surface area contributed by atoms with Crippen LogP contribution in [0.5, 0.6) is 0 Å². The molecule has 0 N–H and O–H groups in total. The van der Waals surface area contributed by atoms with E-state index in [1.54, 1.807) is 12.3 Å². The van der Waals surface area contributed by atoms with Crippen molar-refractivity contribution in [3.05, 3.63) is 24.2 Å². The molecule has 0 spiro atoms. The Bertz CT molecular complexity index is 201. The van der Waals surface area contributed by atoms with Gasteiger partial charge in [-0.3, -0.25) is 0 Å². The second-order valence-electron chi connectivity index (χ2n) is 2.19. The molecule has 0 aliphatic rings. The zero-order chi connectivity index (χ0) is 7.40. The van der Waals surface area contributed by atoms with Gasteiger partial charge in [0.15, 0.2) is 5.76 Å². The van der Waals surface area contributed by atoms with Gasteiger partial charge >= 0.3 is 0 Å². The van der Waals surface area contributed by atoms with Crippen LogP contribution in [0.4, 0.5) is 0 Å². The number of nitrogens with zero attached hydrogens (tertiary/aromatic N) is 2. The van der Waals surface area contributed by atoms with E-state index in [2.05, 4.69) is 5.16 Å². The van der Waals surface area contributed by atoms with E-state index in [0.29, 0.717) is 0 Å². The van der Waals surface area contributed by atoms with Gasteiger partial charge in [0.2, 0.25) is 0 Å². The SMILES string of the molecule is CN(C)/C=C/c1ccno1. The minimum absolute atomic E-state index is 0.772. The van der Waals surface area contributed by atoms with E-state index in [1.807, 2.05) is 31.3 Å². The Kier molecular flexibility index (Phi) is 2.10. The van der Waals surface area contributed by atoms with Gasteiger partial charge in [0.1, 0.15) is 0 Å². The topological polar surface area (TPSA) is 29.3 Å². The minimum Gasteiger partial charge on any atom is -0.383 e. The molecule has 10 heavy (non-hydrogen) atoms. The highest BCUT2D eigenvalue weighted by Gasteiger charge is 1.87. The first-order chi connectivity index (χ1) is 4.79. The fourth-order valence-electron chi connectivity index (χ4n) is 0.534. The van der Waals surface area contributed by atoms with Crippen LogP contribution in [-0.2, 0) is 0 Å². The first-order valence-corrected chi connectivity index (χ1v) is 3.04. The van der Waals surface area contributed by atoms with Crippen molar-refractivity contribution in [2.75, 3.05) is 14.1 Å². The van der Waals surface area contributed by atoms with Crippen molar-refractivity contribution in [3.63, 3.8) is 0 Å². The Hall–Kier alpha value is -1.25. The molecular formula is C7H10N2O. The summed E-state index contributed by atoms with van der Waals surface area (Å²) in [5.74, 6) is 0.772. The van der Waals surface area contributed by atoms with E-state index in [-0.39, 0.29) is 0 Å². The van der Waals surface area contributed by atoms with Crippen LogP contribution >= 0.6 is 0 Å². The van der Waals surface area contributed by atoms with E-state index >= 15 is 0 Å². The quantitative estimate of drug-likeness (QED) is 0.615. The van der Waals surface area contributed by atoms with Crippen LogP contribution in [0.15, 0.2) is 23.0 Å². The highest BCUT2D eigenvalue weighted by molar-refractivity contribution is 5.40. The molecule has 3 nitrogen and oxygen atoms in total. The molecule has 0 aromatic carbocycles. The molecule has 0 fully saturated rings. The molecule has 1 rings (SSSR count). The van der Waals surface area contributed by atoms with E-state index < -0.39 is 0 Å². The molecule has 3 heteroatoms. The molecule has 0 amide bonds. The Balaban J connectivity index is 2.55. The van der Waals surface area contributed by atoms with Crippen LogP contribution in [-0.4, -0.2) is 24.2 Å². The molecule has 0 unspecified atom stereocenters. The number of hydrogen-bond donors (Lipinski definition) is 0. The molecule has 54 valence electrons. The molecule has 0 radical (unpaired) electrons. The van der Waals surface area contributed by atoms with Crippen molar-refractivity contribution in [2.24, 2.45) is 0 Å². The maximum Gasteiger partial charge on any atom is 0.161 e. The summed E-state index contributed by atoms with van der Waals surface area (Å²) in [6, 6.07) is 1.81. The number of hydrogen-bond acceptors (Lipinski definition) is 3. The van der Waals surface area contributed by atoms with Crippen LogP contribution < -0.4 is 0 Å². The number of rotatable bonds is 2. The average Bonchev–Trinajstić information content (AvgIpc) is 2.34. The molecule has 1 heterocycles. The first kappa shape index (κ1) is 6.86. The van der Waals surface area contributed by atoms with Crippen molar-refractivity contribution in [1.29, 1.82) is 0 Å². The fraction of sp³-hybridized carbons (Fsp3) is 0.286. The van der Waals surface area contributed by atoms with Crippen molar-refractivity contribution in [2.45, 2.75) is 0 Å². The highest BCUT2D eigenvalue weighted by atomic mass is 16.5. The summed E-state index contributed by atoms with van der Waals surface area (Å²) in [4.78, 5) is 1.93. The maximum atomic E-state index is 4.82. The van der Waals surface area contributed by atoms with E-state index in [0.717, 1.165) is 5.76 Å². The lowest BCUT2D eigenvalue weighted by molar-refractivity contribution is 0.412. The van der Waals surface area contributed by atoms with Crippen LogP contribution in [0.2, 0.25) is 0 Å². The zero-order valence-corrected chi connectivity index (χ0v) is 6.11. The predicted octanol–water partition coefficient (Wildman–Crippen LogP) is 1.21. The van der Waals surface area contributed by atoms with E-state index in [9.17, 15) is 0 Å². The Morgan fingerprint density at radius 1 is 1.60 bits per heavy atom. The summed E-state index contributed by atoms with van der Waals surface area (Å²) in [6.45, 7) is 0. The second kappa shape index (κ2) is 3.06. The smallest absolute Gasteiger partial charge is 0.161 e. The largest absolute Gasteiger partial charge is 0.383 e. The highest BCUT2D eigenvalue weighted by Crippen LogP contribution is 1.98. The third kappa shape index (κ3) is 1.93. The molecule has 1 aromatic rings. The van der Waals surface area contributed by atoms with Crippen LogP contribution in [0.1, 0.15) is 5.76 Å². The molecular weight excluding hydrogens is 128 g/mol. The average molecular weight is 138 g/mol. The van der Waals surface area contributed by atoms with Crippen LogP contribution in [0, 0.1) is 0 Å². The first-order valence-electron chi connectivity index (χ1n) is 3.04. The molecule has 0 saturated carbocycles. The fourth-order valence-corrected chi connectivity index (χ4v) is 0.534. The van der Waals surface area contributed by atoms with Gasteiger partial charge in [0.25, 0.3) is 0 Å². The second-order valence-corrected chi connectivity index (χ2v) is 2.19. The minimum atomic E-state index is 0.772. The van der Waals surface area contributed by atoms with Crippen LogP contribution in [0.25, 0.3) is 6.08 Å². The molecule has 0 aliphatic carbocycles. The molecule has 0 aliphatic heterocycles. The van der Waals surface area contributed by atoms with Crippen molar-refractivity contribution in [3.8, 4) is 0 Å².